The molecule has 6 nitrogen and oxygen atoms in total. The maximum Gasteiger partial charge on any atom is 0.301 e. The standard InChI is InChI=1S/C11H15N3O3S/c12-11(15)9-5-1-2-6-10(9)13-18(16,17)14-7-3-4-8-14/h1-2,5-6,13H,3-4,7-8H2,(H2,12,15). The van der Waals surface area contributed by atoms with Crippen LogP contribution in [-0.4, -0.2) is 31.7 Å². The van der Waals surface area contributed by atoms with Gasteiger partial charge in [-0.3, -0.25) is 9.52 Å². The Hall–Kier alpha value is -1.60. The number of carbonyl (C=O) groups is 1. The highest BCUT2D eigenvalue weighted by Gasteiger charge is 2.26. The van der Waals surface area contributed by atoms with Crippen molar-refractivity contribution in [3.05, 3.63) is 29.8 Å². The second-order valence-corrected chi connectivity index (χ2v) is 5.79. The van der Waals surface area contributed by atoms with Crippen LogP contribution >= 0.6 is 0 Å². The summed E-state index contributed by atoms with van der Waals surface area (Å²) < 4.78 is 27.9. The fourth-order valence-electron chi connectivity index (χ4n) is 1.92. The van der Waals surface area contributed by atoms with Crippen molar-refractivity contribution in [1.82, 2.24) is 4.31 Å². The summed E-state index contributed by atoms with van der Waals surface area (Å²) in [5.74, 6) is -0.658. The van der Waals surface area contributed by atoms with Gasteiger partial charge in [-0.15, -0.1) is 0 Å². The number of carbonyl (C=O) groups excluding carboxylic acids is 1. The van der Waals surface area contributed by atoms with Gasteiger partial charge in [-0.05, 0) is 25.0 Å². The maximum atomic E-state index is 12.0. The van der Waals surface area contributed by atoms with Gasteiger partial charge in [0.05, 0.1) is 11.3 Å². The van der Waals surface area contributed by atoms with E-state index in [1.807, 2.05) is 0 Å². The van der Waals surface area contributed by atoms with Gasteiger partial charge in [-0.25, -0.2) is 0 Å². The lowest BCUT2D eigenvalue weighted by molar-refractivity contribution is 0.100. The molecule has 1 aliphatic rings. The molecule has 2 rings (SSSR count). The van der Waals surface area contributed by atoms with Crippen LogP contribution in [0, 0.1) is 0 Å². The third kappa shape index (κ3) is 2.62. The van der Waals surface area contributed by atoms with Crippen LogP contribution in [0.2, 0.25) is 0 Å². The van der Waals surface area contributed by atoms with E-state index in [1.165, 1.54) is 16.4 Å². The third-order valence-electron chi connectivity index (χ3n) is 2.84. The predicted octanol–water partition coefficient (Wildman–Crippen LogP) is 0.538. The van der Waals surface area contributed by atoms with Crippen LogP contribution in [0.3, 0.4) is 0 Å². The van der Waals surface area contributed by atoms with Gasteiger partial charge >= 0.3 is 10.2 Å². The smallest absolute Gasteiger partial charge is 0.301 e. The molecule has 18 heavy (non-hydrogen) atoms. The SMILES string of the molecule is NC(=O)c1ccccc1NS(=O)(=O)N1CCCC1. The Balaban J connectivity index is 2.26. The Morgan fingerprint density at radius 3 is 2.44 bits per heavy atom. The van der Waals surface area contributed by atoms with E-state index in [0.717, 1.165) is 12.8 Å². The van der Waals surface area contributed by atoms with E-state index < -0.39 is 16.1 Å². The number of nitrogens with one attached hydrogen (secondary N) is 1. The minimum absolute atomic E-state index is 0.167. The third-order valence-corrected chi connectivity index (χ3v) is 4.36. The molecular formula is C11H15N3O3S. The zero-order valence-corrected chi connectivity index (χ0v) is 10.6. The second-order valence-electron chi connectivity index (χ2n) is 4.12. The Kier molecular flexibility index (Phi) is 3.53. The summed E-state index contributed by atoms with van der Waals surface area (Å²) in [4.78, 5) is 11.2. The monoisotopic (exact) mass is 269 g/mol. The summed E-state index contributed by atoms with van der Waals surface area (Å²) in [5, 5.41) is 0. The molecule has 0 bridgehead atoms. The summed E-state index contributed by atoms with van der Waals surface area (Å²) in [6.07, 6.45) is 1.72. The second kappa shape index (κ2) is 4.95. The van der Waals surface area contributed by atoms with Gasteiger partial charge in [-0.2, -0.15) is 12.7 Å². The summed E-state index contributed by atoms with van der Waals surface area (Å²) in [7, 11) is -3.59. The van der Waals surface area contributed by atoms with Crippen LogP contribution in [0.5, 0.6) is 0 Å². The van der Waals surface area contributed by atoms with Gasteiger partial charge in [0.2, 0.25) is 0 Å². The Bertz CT molecular complexity index is 550. The maximum absolute atomic E-state index is 12.0. The number of benzene rings is 1. The van der Waals surface area contributed by atoms with Crippen LogP contribution in [-0.2, 0) is 10.2 Å². The van der Waals surface area contributed by atoms with Gasteiger partial charge in [0.15, 0.2) is 0 Å². The molecule has 1 heterocycles. The Labute approximate surface area is 106 Å². The van der Waals surface area contributed by atoms with E-state index in [9.17, 15) is 13.2 Å². The molecule has 98 valence electrons. The van der Waals surface area contributed by atoms with Crippen molar-refractivity contribution >= 4 is 21.8 Å². The van der Waals surface area contributed by atoms with E-state index in [2.05, 4.69) is 4.72 Å². The summed E-state index contributed by atoms with van der Waals surface area (Å²) in [5.41, 5.74) is 5.59. The molecule has 7 heteroatoms. The molecule has 0 saturated carbocycles. The highest BCUT2D eigenvalue weighted by molar-refractivity contribution is 7.90. The zero-order chi connectivity index (χ0) is 13.2. The lowest BCUT2D eigenvalue weighted by atomic mass is 10.2. The number of primary amides is 1. The van der Waals surface area contributed by atoms with Crippen LogP contribution in [0.15, 0.2) is 24.3 Å². The van der Waals surface area contributed by atoms with Crippen molar-refractivity contribution in [2.45, 2.75) is 12.8 Å². The van der Waals surface area contributed by atoms with Crippen molar-refractivity contribution in [3.8, 4) is 0 Å². The molecule has 1 aliphatic heterocycles. The first kappa shape index (κ1) is 12.8. The molecule has 1 saturated heterocycles. The first-order valence-electron chi connectivity index (χ1n) is 5.67. The number of anilines is 1. The van der Waals surface area contributed by atoms with Crippen molar-refractivity contribution in [2.24, 2.45) is 5.73 Å². The quantitative estimate of drug-likeness (QED) is 0.835. The summed E-state index contributed by atoms with van der Waals surface area (Å²) in [6.45, 7) is 1.02. The number of hydrogen-bond donors (Lipinski definition) is 2. The largest absolute Gasteiger partial charge is 0.366 e. The molecule has 0 radical (unpaired) electrons. The average molecular weight is 269 g/mol. The van der Waals surface area contributed by atoms with E-state index in [0.29, 0.717) is 13.1 Å². The molecule has 0 atom stereocenters. The van der Waals surface area contributed by atoms with E-state index in [-0.39, 0.29) is 11.3 Å². The van der Waals surface area contributed by atoms with Crippen molar-refractivity contribution < 1.29 is 13.2 Å². The average Bonchev–Trinajstić information content (AvgIpc) is 2.83. The van der Waals surface area contributed by atoms with Crippen molar-refractivity contribution in [1.29, 1.82) is 0 Å². The predicted molar refractivity (Wildman–Crippen MR) is 68.3 cm³/mol. The number of rotatable bonds is 4. The lowest BCUT2D eigenvalue weighted by Gasteiger charge is -2.17. The molecule has 1 amide bonds. The Morgan fingerprint density at radius 1 is 1.22 bits per heavy atom. The van der Waals surface area contributed by atoms with Crippen LogP contribution in [0.25, 0.3) is 0 Å². The minimum atomic E-state index is -3.59. The van der Waals surface area contributed by atoms with Crippen molar-refractivity contribution in [2.75, 3.05) is 17.8 Å². The number of nitrogens with zero attached hydrogens (tertiary/aromatic N) is 1. The molecule has 3 N–H and O–H groups in total. The number of nitrogens with two attached hydrogens (primary N) is 1. The summed E-state index contributed by atoms with van der Waals surface area (Å²) >= 11 is 0. The fraction of sp³-hybridized carbons (Fsp3) is 0.364. The van der Waals surface area contributed by atoms with Crippen LogP contribution in [0.1, 0.15) is 23.2 Å². The number of amides is 1. The first-order chi connectivity index (χ1) is 8.50. The highest BCUT2D eigenvalue weighted by Crippen LogP contribution is 2.19. The zero-order valence-electron chi connectivity index (χ0n) is 9.80. The molecule has 1 fully saturated rings. The number of para-hydroxylation sites is 1. The highest BCUT2D eigenvalue weighted by atomic mass is 32.2. The first-order valence-corrected chi connectivity index (χ1v) is 7.11. The lowest BCUT2D eigenvalue weighted by Crippen LogP contribution is -2.34. The molecule has 0 aliphatic carbocycles. The van der Waals surface area contributed by atoms with Crippen molar-refractivity contribution in [3.63, 3.8) is 0 Å². The molecule has 0 spiro atoms. The summed E-state index contributed by atoms with van der Waals surface area (Å²) in [6, 6.07) is 6.29. The van der Waals surface area contributed by atoms with Crippen LogP contribution < -0.4 is 10.5 Å². The molecule has 1 aromatic carbocycles. The van der Waals surface area contributed by atoms with Crippen LogP contribution in [0.4, 0.5) is 5.69 Å². The number of hydrogen-bond acceptors (Lipinski definition) is 3. The van der Waals surface area contributed by atoms with E-state index in [1.54, 1.807) is 12.1 Å². The van der Waals surface area contributed by atoms with Gasteiger partial charge in [0.1, 0.15) is 0 Å². The van der Waals surface area contributed by atoms with Gasteiger partial charge < -0.3 is 5.73 Å². The molecule has 0 unspecified atom stereocenters. The molecule has 1 aromatic rings. The minimum Gasteiger partial charge on any atom is -0.366 e. The van der Waals surface area contributed by atoms with Gasteiger partial charge in [0, 0.05) is 13.1 Å². The van der Waals surface area contributed by atoms with E-state index >= 15 is 0 Å². The Morgan fingerprint density at radius 2 is 1.83 bits per heavy atom. The fourth-order valence-corrected chi connectivity index (χ4v) is 3.24. The topological polar surface area (TPSA) is 92.5 Å². The molecule has 0 aromatic heterocycles. The molecular weight excluding hydrogens is 254 g/mol. The van der Waals surface area contributed by atoms with Gasteiger partial charge in [-0.1, -0.05) is 12.1 Å². The normalized spacial score (nSPS) is 16.7. The van der Waals surface area contributed by atoms with E-state index in [4.69, 9.17) is 5.73 Å². The van der Waals surface area contributed by atoms with Gasteiger partial charge in [0.25, 0.3) is 5.91 Å².